The van der Waals surface area contributed by atoms with Crippen molar-refractivity contribution in [3.8, 4) is 0 Å². The number of benzene rings is 1. The zero-order valence-corrected chi connectivity index (χ0v) is 13.8. The van der Waals surface area contributed by atoms with E-state index in [-0.39, 0.29) is 4.90 Å². The van der Waals surface area contributed by atoms with Gasteiger partial charge >= 0.3 is 0 Å². The lowest BCUT2D eigenvalue weighted by Crippen LogP contribution is -2.32. The first-order chi connectivity index (χ1) is 9.97. The van der Waals surface area contributed by atoms with Gasteiger partial charge in [-0.05, 0) is 43.5 Å². The Bertz CT molecular complexity index is 622. The highest BCUT2D eigenvalue weighted by Gasteiger charge is 2.13. The second-order valence-corrected chi connectivity index (χ2v) is 7.56. The number of nitrogens with two attached hydrogens (primary N) is 1. The normalized spacial score (nSPS) is 16.3. The fourth-order valence-corrected chi connectivity index (χ4v) is 3.24. The van der Waals surface area contributed by atoms with Gasteiger partial charge in [-0.15, -0.1) is 9.63 Å². The second-order valence-electron chi connectivity index (χ2n) is 4.63. The molecule has 1 fully saturated rings. The lowest BCUT2D eigenvalue weighted by atomic mass is 10.1. The molecule has 0 aromatic heterocycles. The molecule has 6 nitrogen and oxygen atoms in total. The molecular formula is C12H16N4O2S3. The van der Waals surface area contributed by atoms with E-state index in [2.05, 4.69) is 14.5 Å². The lowest BCUT2D eigenvalue weighted by molar-refractivity contribution is 0.352. The summed E-state index contributed by atoms with van der Waals surface area (Å²) in [5, 5.41) is 9.02. The molecule has 1 aromatic carbocycles. The van der Waals surface area contributed by atoms with Crippen molar-refractivity contribution < 1.29 is 8.42 Å². The smallest absolute Gasteiger partial charge is 0.238 e. The first kappa shape index (κ1) is 16.3. The monoisotopic (exact) mass is 344 g/mol. The number of thiocarbonyl (C=S) groups is 1. The average Bonchev–Trinajstić information content (AvgIpc) is 2.47. The van der Waals surface area contributed by atoms with Crippen molar-refractivity contribution in [3.63, 3.8) is 0 Å². The highest BCUT2D eigenvalue weighted by atomic mass is 32.2. The summed E-state index contributed by atoms with van der Waals surface area (Å²) < 4.78 is 26.9. The zero-order valence-electron chi connectivity index (χ0n) is 11.3. The third-order valence-corrected chi connectivity index (χ3v) is 5.04. The first-order valence-corrected chi connectivity index (χ1v) is 9.19. The third kappa shape index (κ3) is 5.03. The molecule has 0 aliphatic carbocycles. The fourth-order valence-electron chi connectivity index (χ4n) is 1.94. The molecule has 0 atom stereocenters. The van der Waals surface area contributed by atoms with Gasteiger partial charge in [-0.25, -0.2) is 13.6 Å². The van der Waals surface area contributed by atoms with E-state index in [9.17, 15) is 8.42 Å². The van der Waals surface area contributed by atoms with Gasteiger partial charge in [0.05, 0.1) is 22.5 Å². The van der Waals surface area contributed by atoms with Crippen LogP contribution < -0.4 is 5.14 Å². The Morgan fingerprint density at radius 2 is 1.81 bits per heavy atom. The van der Waals surface area contributed by atoms with Gasteiger partial charge in [0.1, 0.15) is 0 Å². The highest BCUT2D eigenvalue weighted by Crippen LogP contribution is 2.21. The van der Waals surface area contributed by atoms with Gasteiger partial charge in [-0.1, -0.05) is 12.2 Å². The van der Waals surface area contributed by atoms with Crippen LogP contribution in [-0.2, 0) is 10.0 Å². The van der Waals surface area contributed by atoms with Crippen LogP contribution in [0.25, 0.3) is 0 Å². The summed E-state index contributed by atoms with van der Waals surface area (Å²) in [5.41, 5.74) is 0.552. The van der Waals surface area contributed by atoms with Crippen molar-refractivity contribution >= 4 is 44.2 Å². The number of piperidine rings is 1. The van der Waals surface area contributed by atoms with Crippen LogP contribution in [0.5, 0.6) is 0 Å². The molecule has 1 aromatic rings. The highest BCUT2D eigenvalue weighted by molar-refractivity contribution is 8.21. The number of likely N-dealkylation sites (tertiary alicyclic amines) is 1. The maximum absolute atomic E-state index is 11.1. The molecule has 21 heavy (non-hydrogen) atoms. The summed E-state index contributed by atoms with van der Waals surface area (Å²) in [5.74, 6) is 0. The van der Waals surface area contributed by atoms with Crippen LogP contribution in [0.4, 0.5) is 5.69 Å². The van der Waals surface area contributed by atoms with E-state index in [0.29, 0.717) is 5.69 Å². The van der Waals surface area contributed by atoms with Crippen molar-refractivity contribution in [1.29, 1.82) is 0 Å². The standard InChI is InChI=1S/C12H16N4O2S3/c13-21(17,18)11-6-4-10(5-7-11)14-15-20-12(19)16-8-2-1-3-9-16/h4-7H,1-3,8-9H2,(H2,13,17,18). The molecular weight excluding hydrogens is 328 g/mol. The number of sulfonamides is 1. The second kappa shape index (κ2) is 7.30. The van der Waals surface area contributed by atoms with Gasteiger partial charge in [-0.3, -0.25) is 0 Å². The maximum atomic E-state index is 11.1. The predicted octanol–water partition coefficient (Wildman–Crippen LogP) is 2.84. The van der Waals surface area contributed by atoms with E-state index < -0.39 is 10.0 Å². The summed E-state index contributed by atoms with van der Waals surface area (Å²) in [6.45, 7) is 1.95. The maximum Gasteiger partial charge on any atom is 0.238 e. The topological polar surface area (TPSA) is 88.1 Å². The molecule has 1 saturated heterocycles. The molecule has 0 unspecified atom stereocenters. The van der Waals surface area contributed by atoms with Gasteiger partial charge in [0.25, 0.3) is 0 Å². The summed E-state index contributed by atoms with van der Waals surface area (Å²) in [6.07, 6.45) is 3.57. The van der Waals surface area contributed by atoms with Gasteiger partial charge in [0.15, 0.2) is 4.32 Å². The summed E-state index contributed by atoms with van der Waals surface area (Å²) in [6, 6.07) is 5.90. The molecule has 0 bridgehead atoms. The quantitative estimate of drug-likeness (QED) is 0.517. The number of nitrogens with zero attached hydrogens (tertiary/aromatic N) is 3. The Morgan fingerprint density at radius 1 is 1.19 bits per heavy atom. The molecule has 1 aliphatic heterocycles. The van der Waals surface area contributed by atoms with E-state index in [4.69, 9.17) is 17.4 Å². The van der Waals surface area contributed by atoms with Gasteiger partial charge in [0, 0.05) is 13.1 Å². The minimum Gasteiger partial charge on any atom is -0.356 e. The van der Waals surface area contributed by atoms with Gasteiger partial charge in [0.2, 0.25) is 10.0 Å². The third-order valence-electron chi connectivity index (χ3n) is 3.05. The Morgan fingerprint density at radius 3 is 2.38 bits per heavy atom. The summed E-state index contributed by atoms with van der Waals surface area (Å²) >= 11 is 6.46. The van der Waals surface area contributed by atoms with E-state index in [1.54, 1.807) is 12.1 Å². The lowest BCUT2D eigenvalue weighted by Gasteiger charge is -2.27. The summed E-state index contributed by atoms with van der Waals surface area (Å²) in [4.78, 5) is 2.19. The van der Waals surface area contributed by atoms with Crippen molar-refractivity contribution in [2.24, 2.45) is 14.8 Å². The predicted molar refractivity (Wildman–Crippen MR) is 87.9 cm³/mol. The largest absolute Gasteiger partial charge is 0.356 e. The number of hydrogen-bond donors (Lipinski definition) is 1. The van der Waals surface area contributed by atoms with Crippen molar-refractivity contribution in [1.82, 2.24) is 4.90 Å². The Balaban J connectivity index is 1.90. The Kier molecular flexibility index (Phi) is 5.68. The Labute approximate surface area is 134 Å². The minimum absolute atomic E-state index is 0.0536. The fraction of sp³-hybridized carbons (Fsp3) is 0.417. The van der Waals surface area contributed by atoms with Crippen molar-refractivity contribution in [3.05, 3.63) is 24.3 Å². The van der Waals surface area contributed by atoms with Crippen molar-refractivity contribution in [2.45, 2.75) is 24.2 Å². The molecule has 0 radical (unpaired) electrons. The molecule has 1 aliphatic rings. The van der Waals surface area contributed by atoms with Gasteiger partial charge < -0.3 is 4.90 Å². The van der Waals surface area contributed by atoms with Crippen LogP contribution in [0.2, 0.25) is 0 Å². The molecule has 1 heterocycles. The van der Waals surface area contributed by atoms with Crippen LogP contribution in [0.15, 0.2) is 38.8 Å². The van der Waals surface area contributed by atoms with Crippen LogP contribution >= 0.6 is 24.2 Å². The number of primary sulfonamides is 1. The van der Waals surface area contributed by atoms with E-state index in [0.717, 1.165) is 42.2 Å². The first-order valence-electron chi connectivity index (χ1n) is 6.47. The number of hydrogen-bond acceptors (Lipinski definition) is 6. The Hall–Kier alpha value is -1.03. The summed E-state index contributed by atoms with van der Waals surface area (Å²) in [7, 11) is -3.67. The molecule has 0 saturated carbocycles. The average molecular weight is 344 g/mol. The van der Waals surface area contributed by atoms with Crippen LogP contribution in [0.3, 0.4) is 0 Å². The van der Waals surface area contributed by atoms with Crippen LogP contribution in [-0.4, -0.2) is 30.7 Å². The minimum atomic E-state index is -3.67. The SMILES string of the molecule is NS(=O)(=O)c1ccc(N=NSC(=S)N2CCCCC2)cc1. The van der Waals surface area contributed by atoms with Crippen molar-refractivity contribution in [2.75, 3.05) is 13.1 Å². The molecule has 0 amide bonds. The molecule has 9 heteroatoms. The van der Waals surface area contributed by atoms with E-state index in [1.807, 2.05) is 0 Å². The van der Waals surface area contributed by atoms with E-state index in [1.165, 1.54) is 18.6 Å². The van der Waals surface area contributed by atoms with Crippen LogP contribution in [0.1, 0.15) is 19.3 Å². The number of rotatable bonds is 3. The molecule has 114 valence electrons. The molecule has 0 spiro atoms. The zero-order chi connectivity index (χ0) is 15.3. The van der Waals surface area contributed by atoms with E-state index >= 15 is 0 Å². The van der Waals surface area contributed by atoms with Crippen LogP contribution in [0, 0.1) is 0 Å². The van der Waals surface area contributed by atoms with Gasteiger partial charge in [-0.2, -0.15) is 0 Å². The molecule has 2 rings (SSSR count). The molecule has 2 N–H and O–H groups in total.